The molecule has 0 fully saturated rings. The van der Waals surface area contributed by atoms with Crippen LogP contribution in [0.4, 0.5) is 5.69 Å². The van der Waals surface area contributed by atoms with Gasteiger partial charge in [0.25, 0.3) is 0 Å². The second-order valence-corrected chi connectivity index (χ2v) is 2.35. The van der Waals surface area contributed by atoms with E-state index in [0.717, 1.165) is 0 Å². The minimum absolute atomic E-state index is 0.0626. The van der Waals surface area contributed by atoms with E-state index in [1.54, 1.807) is 18.2 Å². The maximum Gasteiger partial charge on any atom is 0.128 e. The summed E-state index contributed by atoms with van der Waals surface area (Å²) < 4.78 is 4.96. The molecule has 0 aliphatic rings. The zero-order valence-electron chi connectivity index (χ0n) is 7.14. The fourth-order valence-electron chi connectivity index (χ4n) is 0.951. The van der Waals surface area contributed by atoms with Crippen LogP contribution in [0.15, 0.2) is 23.3 Å². The van der Waals surface area contributed by atoms with Crippen LogP contribution >= 0.6 is 0 Å². The highest BCUT2D eigenvalue weighted by Crippen LogP contribution is 2.28. The van der Waals surface area contributed by atoms with Crippen molar-refractivity contribution < 1.29 is 9.84 Å². The number of benzene rings is 1. The van der Waals surface area contributed by atoms with E-state index in [-0.39, 0.29) is 6.61 Å². The molecule has 1 N–H and O–H groups in total. The molecule has 0 saturated heterocycles. The Balaban J connectivity index is 3.15. The number of hydrogen-bond donors (Lipinski definition) is 1. The molecule has 0 unspecified atom stereocenters. The molecule has 0 radical (unpaired) electrons. The summed E-state index contributed by atoms with van der Waals surface area (Å²) in [5.74, 6) is 0.462. The first-order chi connectivity index (χ1) is 6.31. The van der Waals surface area contributed by atoms with Crippen LogP contribution in [0.25, 0.3) is 10.4 Å². The Morgan fingerprint density at radius 3 is 2.92 bits per heavy atom. The number of azide groups is 1. The Hall–Kier alpha value is -1.71. The Bertz CT molecular complexity index is 345. The third-order valence-corrected chi connectivity index (χ3v) is 1.58. The van der Waals surface area contributed by atoms with Crippen LogP contribution in [0.5, 0.6) is 5.75 Å². The number of rotatable bonds is 3. The molecule has 5 nitrogen and oxygen atoms in total. The zero-order chi connectivity index (χ0) is 9.68. The molecule has 0 heterocycles. The molecule has 0 bridgehead atoms. The average Bonchev–Trinajstić information content (AvgIpc) is 2.19. The largest absolute Gasteiger partial charge is 0.496 e. The first kappa shape index (κ1) is 9.38. The molecule has 0 spiro atoms. The monoisotopic (exact) mass is 179 g/mol. The van der Waals surface area contributed by atoms with Gasteiger partial charge in [-0.3, -0.25) is 0 Å². The van der Waals surface area contributed by atoms with E-state index >= 15 is 0 Å². The second-order valence-electron chi connectivity index (χ2n) is 2.35. The summed E-state index contributed by atoms with van der Waals surface area (Å²) in [5.41, 5.74) is 9.35. The van der Waals surface area contributed by atoms with Crippen molar-refractivity contribution in [3.8, 4) is 5.75 Å². The van der Waals surface area contributed by atoms with Gasteiger partial charge in [-0.05, 0) is 23.2 Å². The van der Waals surface area contributed by atoms with Crippen molar-refractivity contribution in [1.29, 1.82) is 0 Å². The topological polar surface area (TPSA) is 78.2 Å². The van der Waals surface area contributed by atoms with E-state index in [4.69, 9.17) is 15.4 Å². The van der Waals surface area contributed by atoms with Crippen LogP contribution in [0.3, 0.4) is 0 Å². The molecule has 1 rings (SSSR count). The van der Waals surface area contributed by atoms with E-state index in [1.807, 2.05) is 0 Å². The van der Waals surface area contributed by atoms with Crippen LogP contribution < -0.4 is 4.74 Å². The number of ether oxygens (including phenoxy) is 1. The molecule has 13 heavy (non-hydrogen) atoms. The Morgan fingerprint density at radius 2 is 2.38 bits per heavy atom. The normalized spacial score (nSPS) is 9.08. The lowest BCUT2D eigenvalue weighted by molar-refractivity contribution is 0.281. The van der Waals surface area contributed by atoms with Crippen molar-refractivity contribution in [1.82, 2.24) is 0 Å². The summed E-state index contributed by atoms with van der Waals surface area (Å²) in [4.78, 5) is 2.65. The van der Waals surface area contributed by atoms with E-state index in [0.29, 0.717) is 17.0 Å². The fourth-order valence-corrected chi connectivity index (χ4v) is 0.951. The van der Waals surface area contributed by atoms with Gasteiger partial charge in [-0.2, -0.15) is 0 Å². The first-order valence-corrected chi connectivity index (χ1v) is 3.64. The minimum Gasteiger partial charge on any atom is -0.496 e. The summed E-state index contributed by atoms with van der Waals surface area (Å²) in [5, 5.41) is 12.2. The van der Waals surface area contributed by atoms with Crippen LogP contribution in [0, 0.1) is 0 Å². The van der Waals surface area contributed by atoms with Crippen LogP contribution in [0.2, 0.25) is 0 Å². The summed E-state index contributed by atoms with van der Waals surface area (Å²) in [6.07, 6.45) is 0. The fraction of sp³-hybridized carbons (Fsp3) is 0.250. The van der Waals surface area contributed by atoms with E-state index in [2.05, 4.69) is 10.0 Å². The molecule has 68 valence electrons. The molecule has 5 heteroatoms. The third-order valence-electron chi connectivity index (χ3n) is 1.58. The van der Waals surface area contributed by atoms with Crippen LogP contribution in [-0.4, -0.2) is 12.2 Å². The van der Waals surface area contributed by atoms with Crippen molar-refractivity contribution in [3.63, 3.8) is 0 Å². The summed E-state index contributed by atoms with van der Waals surface area (Å²) in [6, 6.07) is 4.90. The van der Waals surface area contributed by atoms with Gasteiger partial charge in [0.2, 0.25) is 0 Å². The summed E-state index contributed by atoms with van der Waals surface area (Å²) in [6.45, 7) is -0.0626. The lowest BCUT2D eigenvalue weighted by Gasteiger charge is -2.04. The summed E-state index contributed by atoms with van der Waals surface area (Å²) in [7, 11) is 1.48. The van der Waals surface area contributed by atoms with Crippen LogP contribution in [-0.2, 0) is 6.61 Å². The molecule has 0 atom stereocenters. The highest BCUT2D eigenvalue weighted by molar-refractivity contribution is 5.53. The number of nitrogens with zero attached hydrogens (tertiary/aromatic N) is 3. The smallest absolute Gasteiger partial charge is 0.128 e. The lowest BCUT2D eigenvalue weighted by Crippen LogP contribution is -1.87. The van der Waals surface area contributed by atoms with Gasteiger partial charge < -0.3 is 9.84 Å². The first-order valence-electron chi connectivity index (χ1n) is 3.64. The lowest BCUT2D eigenvalue weighted by atomic mass is 10.2. The zero-order valence-corrected chi connectivity index (χ0v) is 7.14. The number of hydrogen-bond acceptors (Lipinski definition) is 3. The van der Waals surface area contributed by atoms with E-state index in [1.165, 1.54) is 7.11 Å². The third kappa shape index (κ3) is 2.11. The average molecular weight is 179 g/mol. The maximum absolute atomic E-state index is 8.82. The predicted octanol–water partition coefficient (Wildman–Crippen LogP) is 2.13. The summed E-state index contributed by atoms with van der Waals surface area (Å²) >= 11 is 0. The Labute approximate surface area is 75.2 Å². The van der Waals surface area contributed by atoms with Gasteiger partial charge in [0.05, 0.1) is 19.4 Å². The number of methoxy groups -OCH3 is 1. The highest BCUT2D eigenvalue weighted by atomic mass is 16.5. The number of aliphatic hydroxyl groups is 1. The van der Waals surface area contributed by atoms with Crippen molar-refractivity contribution in [3.05, 3.63) is 34.2 Å². The SMILES string of the molecule is COc1cc(CO)ccc1N=[N+]=[N-]. The molecule has 0 aliphatic heterocycles. The molecular formula is C8H9N3O2. The van der Waals surface area contributed by atoms with Gasteiger partial charge in [0.15, 0.2) is 0 Å². The highest BCUT2D eigenvalue weighted by Gasteiger charge is 2.01. The van der Waals surface area contributed by atoms with Gasteiger partial charge in [0, 0.05) is 4.91 Å². The van der Waals surface area contributed by atoms with Crippen LogP contribution in [0.1, 0.15) is 5.56 Å². The van der Waals surface area contributed by atoms with Gasteiger partial charge in [0.1, 0.15) is 5.75 Å². The maximum atomic E-state index is 8.82. The predicted molar refractivity (Wildman–Crippen MR) is 47.7 cm³/mol. The molecule has 0 aliphatic carbocycles. The molecule has 0 amide bonds. The van der Waals surface area contributed by atoms with E-state index in [9.17, 15) is 0 Å². The van der Waals surface area contributed by atoms with Crippen molar-refractivity contribution >= 4 is 5.69 Å². The van der Waals surface area contributed by atoms with Crippen molar-refractivity contribution in [2.45, 2.75) is 6.61 Å². The molecule has 1 aromatic carbocycles. The standard InChI is InChI=1S/C8H9N3O2/c1-13-8-4-6(5-12)2-3-7(8)10-11-9/h2-4,12H,5H2,1H3. The second kappa shape index (κ2) is 4.35. The molecule has 0 saturated carbocycles. The number of aliphatic hydroxyl groups excluding tert-OH is 1. The van der Waals surface area contributed by atoms with Crippen molar-refractivity contribution in [2.24, 2.45) is 5.11 Å². The van der Waals surface area contributed by atoms with Gasteiger partial charge in [-0.1, -0.05) is 11.2 Å². The minimum atomic E-state index is -0.0626. The molecular weight excluding hydrogens is 170 g/mol. The van der Waals surface area contributed by atoms with E-state index < -0.39 is 0 Å². The van der Waals surface area contributed by atoms with Gasteiger partial charge in [-0.15, -0.1) is 0 Å². The molecule has 0 aromatic heterocycles. The van der Waals surface area contributed by atoms with Crippen molar-refractivity contribution in [2.75, 3.05) is 7.11 Å². The van der Waals surface area contributed by atoms with Gasteiger partial charge >= 0.3 is 0 Å². The van der Waals surface area contributed by atoms with Gasteiger partial charge in [-0.25, -0.2) is 0 Å². The molecule has 1 aromatic rings. The quantitative estimate of drug-likeness (QED) is 0.438. The Kier molecular flexibility index (Phi) is 3.14. The Morgan fingerprint density at radius 1 is 1.62 bits per heavy atom.